The van der Waals surface area contributed by atoms with Crippen LogP contribution >= 0.6 is 0 Å². The summed E-state index contributed by atoms with van der Waals surface area (Å²) in [7, 11) is 6.59. The molecule has 3 unspecified atom stereocenters. The lowest BCUT2D eigenvalue weighted by Gasteiger charge is -2.46. The zero-order valence-electron chi connectivity index (χ0n) is 14.7. The van der Waals surface area contributed by atoms with Crippen LogP contribution in [0.25, 0.3) is 0 Å². The van der Waals surface area contributed by atoms with E-state index in [9.17, 15) is 0 Å². The predicted octanol–water partition coefficient (Wildman–Crippen LogP) is 2.66. The molecule has 0 aromatic heterocycles. The normalized spacial score (nSPS) is 28.4. The van der Waals surface area contributed by atoms with Gasteiger partial charge in [0, 0.05) is 19.1 Å². The van der Waals surface area contributed by atoms with E-state index >= 15 is 0 Å². The Morgan fingerprint density at radius 3 is 2.25 bits per heavy atom. The Balaban J connectivity index is 2.68. The van der Waals surface area contributed by atoms with Crippen molar-refractivity contribution in [1.29, 1.82) is 0 Å². The summed E-state index contributed by atoms with van der Waals surface area (Å²) in [5.41, 5.74) is 6.51. The molecule has 3 heteroatoms. The largest absolute Gasteiger partial charge is 0.330 e. The zero-order valence-corrected chi connectivity index (χ0v) is 14.7. The number of nitrogens with two attached hydrogens (primary N) is 1. The maximum Gasteiger partial charge on any atom is 0.0136 e. The van der Waals surface area contributed by atoms with Crippen molar-refractivity contribution in [3.8, 4) is 0 Å². The number of nitrogens with zero attached hydrogens (tertiary/aromatic N) is 2. The Morgan fingerprint density at radius 1 is 1.10 bits per heavy atom. The van der Waals surface area contributed by atoms with E-state index in [4.69, 9.17) is 5.73 Å². The van der Waals surface area contributed by atoms with Gasteiger partial charge >= 0.3 is 0 Å². The summed E-state index contributed by atoms with van der Waals surface area (Å²) in [6, 6.07) is 0.671. The molecule has 0 radical (unpaired) electrons. The molecule has 1 aliphatic carbocycles. The molecule has 20 heavy (non-hydrogen) atoms. The first-order chi connectivity index (χ1) is 9.31. The van der Waals surface area contributed by atoms with E-state index in [1.807, 2.05) is 0 Å². The van der Waals surface area contributed by atoms with Crippen LogP contribution in [0.5, 0.6) is 0 Å². The van der Waals surface area contributed by atoms with Crippen molar-refractivity contribution in [1.82, 2.24) is 9.80 Å². The van der Waals surface area contributed by atoms with Gasteiger partial charge in [0.2, 0.25) is 0 Å². The average molecular weight is 284 g/mol. The van der Waals surface area contributed by atoms with Gasteiger partial charge in [-0.1, -0.05) is 27.2 Å². The van der Waals surface area contributed by atoms with Crippen molar-refractivity contribution in [2.24, 2.45) is 23.0 Å². The van der Waals surface area contributed by atoms with E-state index in [-0.39, 0.29) is 0 Å². The molecule has 1 fully saturated rings. The summed E-state index contributed by atoms with van der Waals surface area (Å²) in [6.07, 6.45) is 5.27. The fourth-order valence-electron chi connectivity index (χ4n) is 3.55. The third kappa shape index (κ3) is 4.71. The smallest absolute Gasteiger partial charge is 0.0136 e. The Kier molecular flexibility index (Phi) is 6.96. The highest BCUT2D eigenvalue weighted by Gasteiger charge is 2.38. The second-order valence-electron chi connectivity index (χ2n) is 7.70. The molecule has 1 aliphatic rings. The molecule has 3 nitrogen and oxygen atoms in total. The van der Waals surface area contributed by atoms with Crippen molar-refractivity contribution in [2.45, 2.75) is 52.5 Å². The number of rotatable bonds is 7. The fourth-order valence-corrected chi connectivity index (χ4v) is 3.55. The molecule has 2 N–H and O–H groups in total. The number of likely N-dealkylation sites (N-methyl/N-ethyl adjacent to an activating group) is 2. The van der Waals surface area contributed by atoms with Crippen LogP contribution in [0.2, 0.25) is 0 Å². The topological polar surface area (TPSA) is 32.5 Å². The second kappa shape index (κ2) is 7.77. The summed E-state index contributed by atoms with van der Waals surface area (Å²) >= 11 is 0. The van der Waals surface area contributed by atoms with E-state index < -0.39 is 0 Å². The number of hydrogen-bond donors (Lipinski definition) is 1. The van der Waals surface area contributed by atoms with Crippen molar-refractivity contribution in [3.63, 3.8) is 0 Å². The highest BCUT2D eigenvalue weighted by atomic mass is 15.2. The molecule has 0 aromatic rings. The standard InChI is InChI=1S/C17H37N3/c1-7-17(2,3)15-9-8-14(13-18)16(12-15)20(6)11-10-19(4)5/h14-16H,7-13,18H2,1-6H3. The zero-order chi connectivity index (χ0) is 15.3. The highest BCUT2D eigenvalue weighted by Crippen LogP contribution is 2.43. The lowest BCUT2D eigenvalue weighted by molar-refractivity contribution is 0.0476. The van der Waals surface area contributed by atoms with E-state index in [2.05, 4.69) is 51.7 Å². The van der Waals surface area contributed by atoms with Crippen LogP contribution in [0.15, 0.2) is 0 Å². The third-order valence-corrected chi connectivity index (χ3v) is 5.74. The fraction of sp³-hybridized carbons (Fsp3) is 1.00. The van der Waals surface area contributed by atoms with Gasteiger partial charge < -0.3 is 15.5 Å². The molecule has 0 saturated heterocycles. The van der Waals surface area contributed by atoms with Gasteiger partial charge in [-0.25, -0.2) is 0 Å². The van der Waals surface area contributed by atoms with Crippen LogP contribution in [0, 0.1) is 17.3 Å². The summed E-state index contributed by atoms with van der Waals surface area (Å²) in [5, 5.41) is 0. The molecule has 0 heterocycles. The summed E-state index contributed by atoms with van der Waals surface area (Å²) < 4.78 is 0. The molecule has 1 saturated carbocycles. The van der Waals surface area contributed by atoms with Crippen LogP contribution in [0.1, 0.15) is 46.5 Å². The van der Waals surface area contributed by atoms with Gasteiger partial charge in [0.15, 0.2) is 0 Å². The molecular formula is C17H37N3. The molecule has 1 rings (SSSR count). The molecule has 0 spiro atoms. The summed E-state index contributed by atoms with van der Waals surface area (Å²) in [5.74, 6) is 1.54. The monoisotopic (exact) mass is 283 g/mol. The van der Waals surface area contributed by atoms with Crippen molar-refractivity contribution < 1.29 is 0 Å². The molecule has 0 aliphatic heterocycles. The minimum absolute atomic E-state index is 0.472. The van der Waals surface area contributed by atoms with E-state index in [1.54, 1.807) is 0 Å². The van der Waals surface area contributed by atoms with Gasteiger partial charge in [-0.05, 0) is 64.2 Å². The van der Waals surface area contributed by atoms with Gasteiger partial charge in [-0.3, -0.25) is 0 Å². The average Bonchev–Trinajstić information content (AvgIpc) is 2.43. The van der Waals surface area contributed by atoms with Crippen LogP contribution < -0.4 is 5.73 Å². The van der Waals surface area contributed by atoms with Crippen molar-refractivity contribution >= 4 is 0 Å². The van der Waals surface area contributed by atoms with Crippen LogP contribution in [-0.4, -0.2) is 56.6 Å². The second-order valence-corrected chi connectivity index (χ2v) is 7.70. The van der Waals surface area contributed by atoms with Gasteiger partial charge in [-0.2, -0.15) is 0 Å². The van der Waals surface area contributed by atoms with E-state index in [0.29, 0.717) is 17.4 Å². The van der Waals surface area contributed by atoms with Crippen LogP contribution in [-0.2, 0) is 0 Å². The van der Waals surface area contributed by atoms with E-state index in [1.165, 1.54) is 25.7 Å². The van der Waals surface area contributed by atoms with Crippen LogP contribution in [0.3, 0.4) is 0 Å². The molecular weight excluding hydrogens is 246 g/mol. The molecule has 3 atom stereocenters. The highest BCUT2D eigenvalue weighted by molar-refractivity contribution is 4.91. The van der Waals surface area contributed by atoms with Gasteiger partial charge in [-0.15, -0.1) is 0 Å². The predicted molar refractivity (Wildman–Crippen MR) is 88.9 cm³/mol. The summed E-state index contributed by atoms with van der Waals surface area (Å²) in [6.45, 7) is 10.3. The van der Waals surface area contributed by atoms with Crippen LogP contribution in [0.4, 0.5) is 0 Å². The third-order valence-electron chi connectivity index (χ3n) is 5.74. The Bertz CT molecular complexity index is 275. The first-order valence-electron chi connectivity index (χ1n) is 8.36. The van der Waals surface area contributed by atoms with Gasteiger partial charge in [0.05, 0.1) is 0 Å². The molecule has 0 bridgehead atoms. The van der Waals surface area contributed by atoms with Gasteiger partial charge in [0.1, 0.15) is 0 Å². The first-order valence-corrected chi connectivity index (χ1v) is 8.36. The lowest BCUT2D eigenvalue weighted by Crippen LogP contribution is -2.48. The summed E-state index contributed by atoms with van der Waals surface area (Å²) in [4.78, 5) is 4.83. The maximum atomic E-state index is 6.04. The molecule has 0 amide bonds. The maximum absolute atomic E-state index is 6.04. The quantitative estimate of drug-likeness (QED) is 0.779. The minimum Gasteiger partial charge on any atom is -0.330 e. The van der Waals surface area contributed by atoms with Crippen molar-refractivity contribution in [3.05, 3.63) is 0 Å². The van der Waals surface area contributed by atoms with Crippen molar-refractivity contribution in [2.75, 3.05) is 40.8 Å². The Hall–Kier alpha value is -0.120. The Morgan fingerprint density at radius 2 is 1.75 bits per heavy atom. The molecule has 120 valence electrons. The Labute approximate surface area is 126 Å². The van der Waals surface area contributed by atoms with Gasteiger partial charge in [0.25, 0.3) is 0 Å². The minimum atomic E-state index is 0.472. The number of hydrogen-bond acceptors (Lipinski definition) is 3. The lowest BCUT2D eigenvalue weighted by atomic mass is 9.65. The van der Waals surface area contributed by atoms with E-state index in [0.717, 1.165) is 25.6 Å². The first kappa shape index (κ1) is 17.9. The molecule has 0 aromatic carbocycles. The SMILES string of the molecule is CCC(C)(C)C1CCC(CN)C(N(C)CCN(C)C)C1.